The first kappa shape index (κ1) is 18.7. The molecule has 0 radical (unpaired) electrons. The summed E-state index contributed by atoms with van der Waals surface area (Å²) in [6, 6.07) is 17.8. The van der Waals surface area contributed by atoms with E-state index in [0.29, 0.717) is 18.7 Å². The van der Waals surface area contributed by atoms with Gasteiger partial charge >= 0.3 is 0 Å². The fraction of sp³-hybridized carbons (Fsp3) is 0.417. The second-order valence-electron chi connectivity index (χ2n) is 8.00. The van der Waals surface area contributed by atoms with E-state index >= 15 is 0 Å². The van der Waals surface area contributed by atoms with Crippen LogP contribution in [-0.4, -0.2) is 28.8 Å². The minimum atomic E-state index is -0.431. The lowest BCUT2D eigenvalue weighted by atomic mass is 9.71. The number of nitrogens with one attached hydrogen (secondary N) is 1. The summed E-state index contributed by atoms with van der Waals surface area (Å²) in [5, 5.41) is 3.12. The van der Waals surface area contributed by atoms with Crippen molar-refractivity contribution in [2.24, 2.45) is 0 Å². The summed E-state index contributed by atoms with van der Waals surface area (Å²) >= 11 is 0. The van der Waals surface area contributed by atoms with Crippen LogP contribution in [0.1, 0.15) is 66.4 Å². The summed E-state index contributed by atoms with van der Waals surface area (Å²) in [5.74, 6) is -0.193. The third kappa shape index (κ3) is 3.11. The van der Waals surface area contributed by atoms with E-state index in [-0.39, 0.29) is 17.7 Å². The molecule has 0 bridgehead atoms. The zero-order chi connectivity index (χ0) is 19.6. The maximum Gasteiger partial charge on any atom is 0.254 e. The Morgan fingerprint density at radius 2 is 1.75 bits per heavy atom. The SMILES string of the molecule is CCCNC(=O)C1c2ccccc2C(=O)N(Cc2ccccc2)C12CCCC2. The number of nitrogens with zero attached hydrogens (tertiary/aromatic N) is 1. The molecule has 28 heavy (non-hydrogen) atoms. The van der Waals surface area contributed by atoms with Gasteiger partial charge in [0.2, 0.25) is 5.91 Å². The third-order valence-corrected chi connectivity index (χ3v) is 6.29. The minimum absolute atomic E-state index is 0.0564. The molecule has 1 unspecified atom stereocenters. The van der Waals surface area contributed by atoms with Crippen molar-refractivity contribution in [3.05, 3.63) is 71.3 Å². The van der Waals surface area contributed by atoms with Gasteiger partial charge < -0.3 is 10.2 Å². The summed E-state index contributed by atoms with van der Waals surface area (Å²) < 4.78 is 0. The predicted octanol–water partition coefficient (Wildman–Crippen LogP) is 4.27. The third-order valence-electron chi connectivity index (χ3n) is 6.29. The van der Waals surface area contributed by atoms with E-state index in [9.17, 15) is 9.59 Å². The van der Waals surface area contributed by atoms with Crippen LogP contribution >= 0.6 is 0 Å². The molecule has 1 saturated carbocycles. The molecule has 1 spiro atoms. The Bertz CT molecular complexity index is 856. The van der Waals surface area contributed by atoms with Crippen LogP contribution in [0.2, 0.25) is 0 Å². The zero-order valence-corrected chi connectivity index (χ0v) is 16.5. The summed E-state index contributed by atoms with van der Waals surface area (Å²) in [6.07, 6.45) is 4.77. The molecule has 1 aliphatic heterocycles. The number of rotatable bonds is 5. The van der Waals surface area contributed by atoms with Crippen LogP contribution in [0.3, 0.4) is 0 Å². The maximum atomic E-state index is 13.6. The molecule has 0 saturated heterocycles. The minimum Gasteiger partial charge on any atom is -0.356 e. The summed E-state index contributed by atoms with van der Waals surface area (Å²) in [7, 11) is 0. The number of hydrogen-bond acceptors (Lipinski definition) is 2. The van der Waals surface area contributed by atoms with Gasteiger partial charge in [0.15, 0.2) is 0 Å². The Kier molecular flexibility index (Phi) is 5.21. The molecule has 1 N–H and O–H groups in total. The van der Waals surface area contributed by atoms with Gasteiger partial charge in [0.05, 0.1) is 11.5 Å². The highest BCUT2D eigenvalue weighted by molar-refractivity contribution is 6.02. The molecular formula is C24H28N2O2. The lowest BCUT2D eigenvalue weighted by molar-refractivity contribution is -0.126. The van der Waals surface area contributed by atoms with E-state index in [1.807, 2.05) is 47.4 Å². The fourth-order valence-electron chi connectivity index (χ4n) is 5.01. The molecule has 2 aliphatic rings. The van der Waals surface area contributed by atoms with Crippen LogP contribution in [0.4, 0.5) is 0 Å². The lowest BCUT2D eigenvalue weighted by Gasteiger charge is -2.50. The summed E-state index contributed by atoms with van der Waals surface area (Å²) in [5.41, 5.74) is 2.24. The van der Waals surface area contributed by atoms with Crippen molar-refractivity contribution in [3.8, 4) is 0 Å². The van der Waals surface area contributed by atoms with Gasteiger partial charge in [0.25, 0.3) is 5.91 Å². The molecule has 1 heterocycles. The molecule has 1 aliphatic carbocycles. The van der Waals surface area contributed by atoms with Crippen molar-refractivity contribution in [1.29, 1.82) is 0 Å². The van der Waals surface area contributed by atoms with E-state index in [2.05, 4.69) is 24.4 Å². The molecule has 2 aromatic carbocycles. The number of fused-ring (bicyclic) bond motifs is 1. The highest BCUT2D eigenvalue weighted by Gasteiger charge is 2.55. The van der Waals surface area contributed by atoms with Crippen molar-refractivity contribution in [1.82, 2.24) is 10.2 Å². The predicted molar refractivity (Wildman–Crippen MR) is 110 cm³/mol. The molecule has 0 aromatic heterocycles. The maximum absolute atomic E-state index is 13.6. The number of benzene rings is 2. The van der Waals surface area contributed by atoms with Crippen LogP contribution in [0, 0.1) is 0 Å². The normalized spacial score (nSPS) is 20.2. The van der Waals surface area contributed by atoms with Crippen LogP contribution in [0.15, 0.2) is 54.6 Å². The molecule has 2 amide bonds. The number of carbonyl (C=O) groups excluding carboxylic acids is 2. The van der Waals surface area contributed by atoms with Crippen LogP contribution < -0.4 is 5.32 Å². The quantitative estimate of drug-likeness (QED) is 0.847. The van der Waals surface area contributed by atoms with Crippen LogP contribution in [-0.2, 0) is 11.3 Å². The van der Waals surface area contributed by atoms with E-state index in [4.69, 9.17) is 0 Å². The summed E-state index contributed by atoms with van der Waals surface area (Å²) in [4.78, 5) is 28.9. The highest BCUT2D eigenvalue weighted by atomic mass is 16.2. The topological polar surface area (TPSA) is 49.4 Å². The first-order valence-corrected chi connectivity index (χ1v) is 10.4. The molecule has 4 nitrogen and oxygen atoms in total. The van der Waals surface area contributed by atoms with E-state index in [0.717, 1.165) is 43.2 Å². The molecule has 146 valence electrons. The van der Waals surface area contributed by atoms with Gasteiger partial charge in [0, 0.05) is 18.7 Å². The van der Waals surface area contributed by atoms with Gasteiger partial charge in [-0.15, -0.1) is 0 Å². The number of amides is 2. The Balaban J connectivity index is 1.82. The molecule has 1 atom stereocenters. The van der Waals surface area contributed by atoms with Crippen molar-refractivity contribution in [2.45, 2.75) is 57.0 Å². The van der Waals surface area contributed by atoms with Gasteiger partial charge in [-0.2, -0.15) is 0 Å². The molecule has 1 fully saturated rings. The Morgan fingerprint density at radius 3 is 2.46 bits per heavy atom. The summed E-state index contributed by atoms with van der Waals surface area (Å²) in [6.45, 7) is 3.28. The highest BCUT2D eigenvalue weighted by Crippen LogP contribution is 2.50. The standard InChI is InChI=1S/C24H28N2O2/c1-2-16-25-22(27)21-19-12-6-7-13-20(19)23(28)26(24(21)14-8-9-15-24)17-18-10-4-3-5-11-18/h3-7,10-13,21H,2,8-9,14-17H2,1H3,(H,25,27). The first-order chi connectivity index (χ1) is 13.7. The number of carbonyl (C=O) groups is 2. The van der Waals surface area contributed by atoms with Gasteiger partial charge in [-0.05, 0) is 36.5 Å². The molecule has 2 aromatic rings. The molecular weight excluding hydrogens is 348 g/mol. The van der Waals surface area contributed by atoms with Gasteiger partial charge in [0.1, 0.15) is 0 Å². The van der Waals surface area contributed by atoms with E-state index in [1.54, 1.807) is 0 Å². The first-order valence-electron chi connectivity index (χ1n) is 10.4. The van der Waals surface area contributed by atoms with Crippen LogP contribution in [0.5, 0.6) is 0 Å². The second kappa shape index (κ2) is 7.78. The number of hydrogen-bond donors (Lipinski definition) is 1. The van der Waals surface area contributed by atoms with Crippen molar-refractivity contribution < 1.29 is 9.59 Å². The van der Waals surface area contributed by atoms with E-state index in [1.165, 1.54) is 0 Å². The van der Waals surface area contributed by atoms with Gasteiger partial charge in [-0.25, -0.2) is 0 Å². The largest absolute Gasteiger partial charge is 0.356 e. The Hall–Kier alpha value is -2.62. The van der Waals surface area contributed by atoms with Crippen molar-refractivity contribution in [2.75, 3.05) is 6.54 Å². The molecule has 4 heteroatoms. The van der Waals surface area contributed by atoms with Gasteiger partial charge in [-0.1, -0.05) is 68.3 Å². The monoisotopic (exact) mass is 376 g/mol. The zero-order valence-electron chi connectivity index (χ0n) is 16.5. The van der Waals surface area contributed by atoms with Crippen molar-refractivity contribution >= 4 is 11.8 Å². The second-order valence-corrected chi connectivity index (χ2v) is 8.00. The molecule has 4 rings (SSSR count). The van der Waals surface area contributed by atoms with Crippen molar-refractivity contribution in [3.63, 3.8) is 0 Å². The Labute approximate surface area is 166 Å². The average molecular weight is 377 g/mol. The average Bonchev–Trinajstić information content (AvgIpc) is 3.20. The van der Waals surface area contributed by atoms with Gasteiger partial charge in [-0.3, -0.25) is 9.59 Å². The van der Waals surface area contributed by atoms with Crippen LogP contribution in [0.25, 0.3) is 0 Å². The Morgan fingerprint density at radius 1 is 1.07 bits per heavy atom. The fourth-order valence-corrected chi connectivity index (χ4v) is 5.01. The smallest absolute Gasteiger partial charge is 0.254 e. The lowest BCUT2D eigenvalue weighted by Crippen LogP contribution is -2.60. The van der Waals surface area contributed by atoms with E-state index < -0.39 is 5.54 Å².